The molecule has 4 aromatic rings. The van der Waals surface area contributed by atoms with Gasteiger partial charge in [0.2, 0.25) is 0 Å². The van der Waals surface area contributed by atoms with Crippen molar-refractivity contribution in [3.63, 3.8) is 0 Å². The second-order valence-electron chi connectivity index (χ2n) is 9.33. The van der Waals surface area contributed by atoms with Crippen LogP contribution in [-0.4, -0.2) is 89.3 Å². The van der Waals surface area contributed by atoms with Crippen molar-refractivity contribution in [2.24, 2.45) is 0 Å². The van der Waals surface area contributed by atoms with Crippen molar-refractivity contribution in [1.29, 1.82) is 0 Å². The van der Waals surface area contributed by atoms with Crippen LogP contribution in [0.4, 0.5) is 11.4 Å². The van der Waals surface area contributed by atoms with E-state index in [2.05, 4.69) is 66.0 Å². The highest BCUT2D eigenvalue weighted by molar-refractivity contribution is 6.34. The van der Waals surface area contributed by atoms with Crippen LogP contribution in [0, 0.1) is 0 Å². The van der Waals surface area contributed by atoms with Gasteiger partial charge in [-0.1, -0.05) is 28.9 Å². The number of imidazole rings is 1. The van der Waals surface area contributed by atoms with Gasteiger partial charge in [-0.25, -0.2) is 9.97 Å². The Labute approximate surface area is 209 Å². The number of likely N-dealkylation sites (N-methyl/N-ethyl adjacent to an activating group) is 1. The predicted octanol–water partition coefficient (Wildman–Crippen LogP) is 3.34. The number of nitrogens with zero attached hydrogens (tertiary/aromatic N) is 7. The van der Waals surface area contributed by atoms with Crippen LogP contribution in [0.25, 0.3) is 22.6 Å². The molecular formula is C25H29ClN8O. The fourth-order valence-electron chi connectivity index (χ4n) is 4.96. The summed E-state index contributed by atoms with van der Waals surface area (Å²) >= 11 is 6.68. The largest absolute Gasteiger partial charge is 0.369 e. The molecule has 0 saturated carbocycles. The fourth-order valence-corrected chi connectivity index (χ4v) is 5.22. The van der Waals surface area contributed by atoms with Crippen molar-refractivity contribution >= 4 is 34.1 Å². The van der Waals surface area contributed by atoms with Gasteiger partial charge in [0.1, 0.15) is 17.6 Å². The third kappa shape index (κ3) is 4.59. The summed E-state index contributed by atoms with van der Waals surface area (Å²) in [6.07, 6.45) is 3.34. The first-order valence-corrected chi connectivity index (χ1v) is 12.5. The Morgan fingerprint density at radius 2 is 1.80 bits per heavy atom. The molecule has 3 aromatic heterocycles. The van der Waals surface area contributed by atoms with Gasteiger partial charge in [-0.05, 0) is 19.2 Å². The SMILES string of the molecule is CN1CCN(c2cccc(-c3nc4ncc(Cl)c(N5CCN(Cc6ccon6)CC5)c4[nH]3)c2)CC1. The number of rotatable bonds is 5. The number of anilines is 2. The van der Waals surface area contributed by atoms with Crippen molar-refractivity contribution in [2.45, 2.75) is 6.54 Å². The molecule has 2 fully saturated rings. The summed E-state index contributed by atoms with van der Waals surface area (Å²) in [5.74, 6) is 0.816. The van der Waals surface area contributed by atoms with Gasteiger partial charge < -0.3 is 24.2 Å². The van der Waals surface area contributed by atoms with Crippen molar-refractivity contribution in [3.8, 4) is 11.4 Å². The van der Waals surface area contributed by atoms with E-state index in [1.165, 1.54) is 5.69 Å². The molecule has 0 atom stereocenters. The van der Waals surface area contributed by atoms with Gasteiger partial charge in [0, 0.05) is 76.2 Å². The van der Waals surface area contributed by atoms with Crippen LogP contribution in [0.1, 0.15) is 5.69 Å². The molecule has 35 heavy (non-hydrogen) atoms. The Morgan fingerprint density at radius 1 is 1.00 bits per heavy atom. The molecule has 1 aromatic carbocycles. The van der Waals surface area contributed by atoms with E-state index in [0.29, 0.717) is 10.7 Å². The predicted molar refractivity (Wildman–Crippen MR) is 138 cm³/mol. The van der Waals surface area contributed by atoms with Crippen molar-refractivity contribution in [3.05, 3.63) is 53.5 Å². The van der Waals surface area contributed by atoms with Crippen LogP contribution >= 0.6 is 11.6 Å². The van der Waals surface area contributed by atoms with E-state index in [-0.39, 0.29) is 0 Å². The minimum atomic E-state index is 0.642. The molecule has 5 heterocycles. The third-order valence-electron chi connectivity index (χ3n) is 7.00. The molecule has 2 saturated heterocycles. The van der Waals surface area contributed by atoms with Gasteiger partial charge in [-0.15, -0.1) is 0 Å². The van der Waals surface area contributed by atoms with E-state index >= 15 is 0 Å². The summed E-state index contributed by atoms with van der Waals surface area (Å²) in [5.41, 5.74) is 5.80. The van der Waals surface area contributed by atoms with Crippen molar-refractivity contribution in [2.75, 3.05) is 69.2 Å². The molecule has 1 N–H and O–H groups in total. The minimum Gasteiger partial charge on any atom is -0.369 e. The number of pyridine rings is 1. The Kier molecular flexibility index (Phi) is 6.05. The summed E-state index contributed by atoms with van der Waals surface area (Å²) in [4.78, 5) is 22.4. The Bertz CT molecular complexity index is 1290. The Morgan fingerprint density at radius 3 is 2.57 bits per heavy atom. The molecule has 182 valence electrons. The van der Waals surface area contributed by atoms with Gasteiger partial charge in [-0.3, -0.25) is 4.90 Å². The summed E-state index contributed by atoms with van der Waals surface area (Å²) in [6.45, 7) is 8.57. The topological polar surface area (TPSA) is 80.6 Å². The molecule has 0 unspecified atom stereocenters. The first-order chi connectivity index (χ1) is 17.1. The van der Waals surface area contributed by atoms with Gasteiger partial charge >= 0.3 is 0 Å². The number of fused-ring (bicyclic) bond motifs is 1. The van der Waals surface area contributed by atoms with Crippen LogP contribution in [0.2, 0.25) is 5.02 Å². The van der Waals surface area contributed by atoms with Crippen LogP contribution in [0.3, 0.4) is 0 Å². The zero-order chi connectivity index (χ0) is 23.8. The first kappa shape index (κ1) is 22.3. The maximum atomic E-state index is 6.68. The normalized spacial score (nSPS) is 18.0. The lowest BCUT2D eigenvalue weighted by Gasteiger charge is -2.36. The molecule has 2 aliphatic heterocycles. The van der Waals surface area contributed by atoms with E-state index in [4.69, 9.17) is 21.1 Å². The van der Waals surface area contributed by atoms with Gasteiger partial charge in [0.05, 0.1) is 22.6 Å². The van der Waals surface area contributed by atoms with Crippen LogP contribution in [0.5, 0.6) is 0 Å². The lowest BCUT2D eigenvalue weighted by molar-refractivity contribution is 0.242. The molecule has 0 amide bonds. The second kappa shape index (κ2) is 9.49. The lowest BCUT2D eigenvalue weighted by Crippen LogP contribution is -2.46. The van der Waals surface area contributed by atoms with E-state index in [0.717, 1.165) is 87.2 Å². The zero-order valence-electron chi connectivity index (χ0n) is 19.8. The smallest absolute Gasteiger partial charge is 0.180 e. The molecule has 10 heteroatoms. The van der Waals surface area contributed by atoms with Crippen molar-refractivity contribution in [1.82, 2.24) is 29.9 Å². The highest BCUT2D eigenvalue weighted by Crippen LogP contribution is 2.34. The highest BCUT2D eigenvalue weighted by Gasteiger charge is 2.24. The molecule has 0 radical (unpaired) electrons. The summed E-state index contributed by atoms with van der Waals surface area (Å²) in [6, 6.07) is 10.5. The van der Waals surface area contributed by atoms with Crippen LogP contribution < -0.4 is 9.80 Å². The molecule has 0 bridgehead atoms. The number of benzene rings is 1. The third-order valence-corrected chi connectivity index (χ3v) is 7.28. The van der Waals surface area contributed by atoms with E-state index < -0.39 is 0 Å². The monoisotopic (exact) mass is 492 g/mol. The quantitative estimate of drug-likeness (QED) is 0.454. The lowest BCUT2D eigenvalue weighted by atomic mass is 10.1. The molecule has 0 aliphatic carbocycles. The zero-order valence-corrected chi connectivity index (χ0v) is 20.6. The van der Waals surface area contributed by atoms with Gasteiger partial charge in [-0.2, -0.15) is 0 Å². The first-order valence-electron chi connectivity index (χ1n) is 12.1. The Balaban J connectivity index is 1.24. The van der Waals surface area contributed by atoms with Crippen LogP contribution in [-0.2, 0) is 6.54 Å². The number of piperazine rings is 2. The maximum Gasteiger partial charge on any atom is 0.180 e. The Hall–Kier alpha value is -3.14. The number of halogens is 1. The number of H-pyrrole nitrogens is 1. The average Bonchev–Trinajstić information content (AvgIpc) is 3.55. The fraction of sp³-hybridized carbons (Fsp3) is 0.400. The molecule has 0 spiro atoms. The van der Waals surface area contributed by atoms with E-state index in [1.807, 2.05) is 6.07 Å². The second-order valence-corrected chi connectivity index (χ2v) is 9.74. The van der Waals surface area contributed by atoms with Crippen LogP contribution in [0.15, 0.2) is 47.3 Å². The summed E-state index contributed by atoms with van der Waals surface area (Å²) in [7, 11) is 2.18. The van der Waals surface area contributed by atoms with E-state index in [9.17, 15) is 0 Å². The highest BCUT2D eigenvalue weighted by atomic mass is 35.5. The number of hydrogen-bond acceptors (Lipinski definition) is 8. The summed E-state index contributed by atoms with van der Waals surface area (Å²) in [5, 5.41) is 4.68. The number of hydrogen-bond donors (Lipinski definition) is 1. The molecular weight excluding hydrogens is 464 g/mol. The van der Waals surface area contributed by atoms with Crippen molar-refractivity contribution < 1.29 is 4.52 Å². The summed E-state index contributed by atoms with van der Waals surface area (Å²) < 4.78 is 4.97. The average molecular weight is 493 g/mol. The molecule has 6 rings (SSSR count). The van der Waals surface area contributed by atoms with E-state index in [1.54, 1.807) is 12.5 Å². The molecule has 9 nitrogen and oxygen atoms in total. The minimum absolute atomic E-state index is 0.642. The molecule has 2 aliphatic rings. The number of aromatic nitrogens is 4. The number of aromatic amines is 1. The van der Waals surface area contributed by atoms with Gasteiger partial charge in [0.15, 0.2) is 5.65 Å². The van der Waals surface area contributed by atoms with Gasteiger partial charge in [0.25, 0.3) is 0 Å². The standard InChI is InChI=1S/C25H29ClN8O/c1-31-6-10-33(11-7-31)20-4-2-3-18(15-20)24-28-22-23(21(26)16-27-25(22)29-24)34-12-8-32(9-13-34)17-19-5-14-35-30-19/h2-5,14-16H,6-13,17H2,1H3,(H,27,28,29). The number of nitrogens with one attached hydrogen (secondary N) is 1. The maximum absolute atomic E-state index is 6.68.